The molecule has 1 atom stereocenters. The van der Waals surface area contributed by atoms with Crippen LogP contribution in [0.5, 0.6) is 0 Å². The van der Waals surface area contributed by atoms with E-state index < -0.39 is 6.09 Å². The maximum atomic E-state index is 12.1. The summed E-state index contributed by atoms with van der Waals surface area (Å²) in [5.41, 5.74) is 1.94. The van der Waals surface area contributed by atoms with E-state index in [1.807, 2.05) is 37.3 Å². The number of ether oxygens (including phenoxy) is 1. The van der Waals surface area contributed by atoms with Crippen LogP contribution in [0.25, 0.3) is 0 Å². The Morgan fingerprint density at radius 1 is 1.40 bits per heavy atom. The van der Waals surface area contributed by atoms with Crippen molar-refractivity contribution in [3.05, 3.63) is 52.9 Å². The first kappa shape index (κ1) is 17.5. The number of carbonyl (C=O) groups is 1. The van der Waals surface area contributed by atoms with E-state index in [9.17, 15) is 4.79 Å². The number of carbonyl (C=O) groups excluding carboxylic acids is 1. The third kappa shape index (κ3) is 4.82. The average molecular weight is 361 g/mol. The first-order valence-electron chi connectivity index (χ1n) is 8.33. The van der Waals surface area contributed by atoms with Crippen LogP contribution in [0.15, 0.2) is 36.5 Å². The van der Waals surface area contributed by atoms with Gasteiger partial charge in [-0.25, -0.2) is 14.8 Å². The van der Waals surface area contributed by atoms with Gasteiger partial charge in [0.25, 0.3) is 0 Å². The Morgan fingerprint density at radius 3 is 3.00 bits per heavy atom. The second-order valence-corrected chi connectivity index (χ2v) is 6.47. The summed E-state index contributed by atoms with van der Waals surface area (Å²) in [4.78, 5) is 22.5. The zero-order chi connectivity index (χ0) is 17.6. The summed E-state index contributed by atoms with van der Waals surface area (Å²) in [5, 5.41) is 3.18. The number of amides is 1. The standard InChI is InChI=1S/C18H21ClN4O2/c1-13-10-20-17(19)22-16(13)23-9-5-8-15(11-23)21-18(24)25-12-14-6-3-2-4-7-14/h2-4,6-7,10,15H,5,8-9,11-12H2,1H3,(H,21,24)/t15-/m1/s1. The van der Waals surface area contributed by atoms with Crippen LogP contribution in [0.4, 0.5) is 10.6 Å². The summed E-state index contributed by atoms with van der Waals surface area (Å²) in [7, 11) is 0. The molecule has 1 amide bonds. The van der Waals surface area contributed by atoms with E-state index in [1.165, 1.54) is 0 Å². The Balaban J connectivity index is 1.54. The van der Waals surface area contributed by atoms with E-state index in [4.69, 9.17) is 16.3 Å². The molecular weight excluding hydrogens is 340 g/mol. The summed E-state index contributed by atoms with van der Waals surface area (Å²) in [5.74, 6) is 0.823. The van der Waals surface area contributed by atoms with Gasteiger partial charge in [0.15, 0.2) is 0 Å². The van der Waals surface area contributed by atoms with Crippen LogP contribution >= 0.6 is 11.6 Å². The number of benzene rings is 1. The van der Waals surface area contributed by atoms with Gasteiger partial charge < -0.3 is 15.0 Å². The number of alkyl carbamates (subject to hydrolysis) is 1. The van der Waals surface area contributed by atoms with Crippen LogP contribution in [0.3, 0.4) is 0 Å². The molecule has 0 radical (unpaired) electrons. The van der Waals surface area contributed by atoms with Gasteiger partial charge in [-0.15, -0.1) is 0 Å². The Morgan fingerprint density at radius 2 is 2.20 bits per heavy atom. The van der Waals surface area contributed by atoms with Gasteiger partial charge >= 0.3 is 6.09 Å². The second kappa shape index (κ2) is 8.16. The van der Waals surface area contributed by atoms with Gasteiger partial charge in [-0.05, 0) is 36.9 Å². The quantitative estimate of drug-likeness (QED) is 0.847. The van der Waals surface area contributed by atoms with Crippen molar-refractivity contribution in [2.45, 2.75) is 32.4 Å². The molecule has 2 aromatic rings. The third-order valence-corrected chi connectivity index (χ3v) is 4.35. The molecule has 3 rings (SSSR count). The molecule has 1 saturated heterocycles. The molecule has 1 aliphatic heterocycles. The minimum absolute atomic E-state index is 0.0187. The fourth-order valence-electron chi connectivity index (χ4n) is 2.95. The second-order valence-electron chi connectivity index (χ2n) is 6.14. The van der Waals surface area contributed by atoms with Crippen molar-refractivity contribution < 1.29 is 9.53 Å². The maximum absolute atomic E-state index is 12.1. The van der Waals surface area contributed by atoms with Crippen LogP contribution in [-0.4, -0.2) is 35.2 Å². The fraction of sp³-hybridized carbons (Fsp3) is 0.389. The van der Waals surface area contributed by atoms with E-state index >= 15 is 0 Å². The predicted octanol–water partition coefficient (Wildman–Crippen LogP) is 3.33. The Bertz CT molecular complexity index is 726. The molecule has 132 valence electrons. The number of aromatic nitrogens is 2. The lowest BCUT2D eigenvalue weighted by molar-refractivity contribution is 0.134. The molecule has 0 bridgehead atoms. The molecule has 1 fully saturated rings. The minimum atomic E-state index is -0.395. The normalized spacial score (nSPS) is 17.2. The van der Waals surface area contributed by atoms with Gasteiger partial charge in [-0.3, -0.25) is 0 Å². The van der Waals surface area contributed by atoms with Crippen LogP contribution in [0.1, 0.15) is 24.0 Å². The number of hydrogen-bond donors (Lipinski definition) is 1. The van der Waals surface area contributed by atoms with Gasteiger partial charge in [0.1, 0.15) is 12.4 Å². The molecule has 6 nitrogen and oxygen atoms in total. The summed E-state index contributed by atoms with van der Waals surface area (Å²) in [6.07, 6.45) is 3.20. The molecule has 0 saturated carbocycles. The minimum Gasteiger partial charge on any atom is -0.445 e. The topological polar surface area (TPSA) is 67.4 Å². The lowest BCUT2D eigenvalue weighted by Gasteiger charge is -2.34. The van der Waals surface area contributed by atoms with Crippen LogP contribution in [-0.2, 0) is 11.3 Å². The smallest absolute Gasteiger partial charge is 0.407 e. The van der Waals surface area contributed by atoms with Crippen molar-refractivity contribution in [2.24, 2.45) is 0 Å². The van der Waals surface area contributed by atoms with Crippen molar-refractivity contribution in [2.75, 3.05) is 18.0 Å². The van der Waals surface area contributed by atoms with Gasteiger partial charge in [-0.1, -0.05) is 30.3 Å². The van der Waals surface area contributed by atoms with Crippen molar-refractivity contribution in [3.8, 4) is 0 Å². The molecule has 1 aromatic heterocycles. The maximum Gasteiger partial charge on any atom is 0.407 e. The molecular formula is C18H21ClN4O2. The first-order chi connectivity index (χ1) is 12.1. The number of rotatable bonds is 4. The molecule has 7 heteroatoms. The number of anilines is 1. The molecule has 1 N–H and O–H groups in total. The van der Waals surface area contributed by atoms with Crippen molar-refractivity contribution in [1.82, 2.24) is 15.3 Å². The summed E-state index contributed by atoms with van der Waals surface area (Å²) in [6.45, 7) is 3.78. The van der Waals surface area contributed by atoms with Crippen molar-refractivity contribution in [1.29, 1.82) is 0 Å². The Labute approximate surface area is 152 Å². The summed E-state index contributed by atoms with van der Waals surface area (Å²) < 4.78 is 5.30. The fourth-order valence-corrected chi connectivity index (χ4v) is 3.08. The molecule has 1 aliphatic rings. The van der Waals surface area contributed by atoms with Gasteiger partial charge in [0, 0.05) is 30.9 Å². The lowest BCUT2D eigenvalue weighted by atomic mass is 10.1. The van der Waals surface area contributed by atoms with E-state index in [0.717, 1.165) is 36.3 Å². The SMILES string of the molecule is Cc1cnc(Cl)nc1N1CCC[C@@H](NC(=O)OCc2ccccc2)C1. The summed E-state index contributed by atoms with van der Waals surface area (Å²) >= 11 is 5.92. The third-order valence-electron chi connectivity index (χ3n) is 4.17. The van der Waals surface area contributed by atoms with Crippen LogP contribution in [0.2, 0.25) is 5.28 Å². The first-order valence-corrected chi connectivity index (χ1v) is 8.71. The molecule has 0 aliphatic carbocycles. The summed E-state index contributed by atoms with van der Waals surface area (Å²) in [6, 6.07) is 9.65. The monoisotopic (exact) mass is 360 g/mol. The lowest BCUT2D eigenvalue weighted by Crippen LogP contribution is -2.48. The zero-order valence-corrected chi connectivity index (χ0v) is 14.9. The highest BCUT2D eigenvalue weighted by Gasteiger charge is 2.24. The molecule has 25 heavy (non-hydrogen) atoms. The van der Waals surface area contributed by atoms with Crippen LogP contribution < -0.4 is 10.2 Å². The van der Waals surface area contributed by atoms with Gasteiger partial charge in [0.05, 0.1) is 0 Å². The van der Waals surface area contributed by atoms with Gasteiger partial charge in [0.2, 0.25) is 5.28 Å². The number of nitrogens with zero attached hydrogens (tertiary/aromatic N) is 3. The predicted molar refractivity (Wildman–Crippen MR) is 96.8 cm³/mol. The zero-order valence-electron chi connectivity index (χ0n) is 14.1. The van der Waals surface area contributed by atoms with E-state index in [-0.39, 0.29) is 17.9 Å². The number of aryl methyl sites for hydroxylation is 1. The van der Waals surface area contributed by atoms with E-state index in [2.05, 4.69) is 20.2 Å². The van der Waals surface area contributed by atoms with Crippen LogP contribution in [0, 0.1) is 6.92 Å². The molecule has 0 unspecified atom stereocenters. The van der Waals surface area contributed by atoms with Gasteiger partial charge in [-0.2, -0.15) is 0 Å². The number of halogens is 1. The van der Waals surface area contributed by atoms with Crippen molar-refractivity contribution >= 4 is 23.5 Å². The molecule has 0 spiro atoms. The molecule has 1 aromatic carbocycles. The number of hydrogen-bond acceptors (Lipinski definition) is 5. The average Bonchev–Trinajstić information content (AvgIpc) is 2.63. The largest absolute Gasteiger partial charge is 0.445 e. The number of piperidine rings is 1. The van der Waals surface area contributed by atoms with E-state index in [0.29, 0.717) is 6.54 Å². The Kier molecular flexibility index (Phi) is 5.71. The van der Waals surface area contributed by atoms with E-state index in [1.54, 1.807) is 6.20 Å². The van der Waals surface area contributed by atoms with Crippen molar-refractivity contribution in [3.63, 3.8) is 0 Å². The molecule has 2 heterocycles. The highest BCUT2D eigenvalue weighted by atomic mass is 35.5. The highest BCUT2D eigenvalue weighted by molar-refractivity contribution is 6.28. The number of nitrogens with one attached hydrogen (secondary N) is 1. The highest BCUT2D eigenvalue weighted by Crippen LogP contribution is 2.22. The Hall–Kier alpha value is -2.34.